The number of hydrogen-bond acceptors (Lipinski definition) is 7. The van der Waals surface area contributed by atoms with Gasteiger partial charge in [-0.05, 0) is 37.3 Å². The van der Waals surface area contributed by atoms with Gasteiger partial charge >= 0.3 is 0 Å². The first kappa shape index (κ1) is 24.7. The Balaban J connectivity index is 1.52. The van der Waals surface area contributed by atoms with E-state index >= 15 is 0 Å². The van der Waals surface area contributed by atoms with Crippen LogP contribution in [0.4, 0.5) is 11.5 Å². The van der Waals surface area contributed by atoms with Crippen LogP contribution in [0.5, 0.6) is 0 Å². The third-order valence-corrected chi connectivity index (χ3v) is 7.15. The first-order valence-electron chi connectivity index (χ1n) is 11.5. The predicted molar refractivity (Wildman–Crippen MR) is 130 cm³/mol. The molecule has 4 N–H and O–H groups in total. The van der Waals surface area contributed by atoms with Gasteiger partial charge in [0.2, 0.25) is 15.9 Å². The van der Waals surface area contributed by atoms with Crippen LogP contribution in [0, 0.1) is 17.2 Å². The van der Waals surface area contributed by atoms with Crippen molar-refractivity contribution in [1.82, 2.24) is 14.7 Å². The Hall–Kier alpha value is -3.43. The first-order valence-corrected chi connectivity index (χ1v) is 13.4. The SMILES string of the molecule is CS(=O)(=O)Nc1ccccc1CN1CCC(CC#N)(n2cc(C(N)=O)c(NC(=O)C3CC3)n2)CC1. The van der Waals surface area contributed by atoms with Gasteiger partial charge in [0, 0.05) is 31.7 Å². The van der Waals surface area contributed by atoms with Crippen LogP contribution in [0.2, 0.25) is 0 Å². The maximum absolute atomic E-state index is 12.3. The first-order chi connectivity index (χ1) is 16.6. The van der Waals surface area contributed by atoms with Crippen molar-refractivity contribution in [3.63, 3.8) is 0 Å². The lowest BCUT2D eigenvalue weighted by molar-refractivity contribution is -0.117. The van der Waals surface area contributed by atoms with E-state index in [4.69, 9.17) is 5.73 Å². The Morgan fingerprint density at radius 1 is 1.26 bits per heavy atom. The number of hydrogen-bond donors (Lipinski definition) is 3. The number of nitrogens with two attached hydrogens (primary N) is 1. The molecule has 12 heteroatoms. The van der Waals surface area contributed by atoms with Crippen molar-refractivity contribution in [3.05, 3.63) is 41.6 Å². The largest absolute Gasteiger partial charge is 0.365 e. The molecule has 4 rings (SSSR count). The van der Waals surface area contributed by atoms with Gasteiger partial charge in [-0.15, -0.1) is 0 Å². The Bertz CT molecular complexity index is 1270. The van der Waals surface area contributed by atoms with Crippen molar-refractivity contribution >= 4 is 33.3 Å². The summed E-state index contributed by atoms with van der Waals surface area (Å²) < 4.78 is 27.6. The number of para-hydroxylation sites is 1. The highest BCUT2D eigenvalue weighted by Gasteiger charge is 2.39. The number of aromatic nitrogens is 2. The van der Waals surface area contributed by atoms with E-state index in [0.717, 1.165) is 24.7 Å². The van der Waals surface area contributed by atoms with Gasteiger partial charge in [-0.3, -0.25) is 23.9 Å². The number of carbonyl (C=O) groups excluding carboxylic acids is 2. The van der Waals surface area contributed by atoms with Crippen LogP contribution in [-0.2, 0) is 26.9 Å². The van der Waals surface area contributed by atoms with Crippen molar-refractivity contribution in [2.45, 2.75) is 44.2 Å². The Kier molecular flexibility index (Phi) is 6.82. The monoisotopic (exact) mass is 499 g/mol. The number of nitrogens with one attached hydrogen (secondary N) is 2. The second-order valence-electron chi connectivity index (χ2n) is 9.33. The lowest BCUT2D eigenvalue weighted by atomic mass is 9.84. The van der Waals surface area contributed by atoms with Crippen molar-refractivity contribution in [3.8, 4) is 6.07 Å². The molecule has 2 amide bonds. The number of carbonyl (C=O) groups is 2. The number of amides is 2. The third-order valence-electron chi connectivity index (χ3n) is 6.56. The van der Waals surface area contributed by atoms with Gasteiger partial charge in [-0.25, -0.2) is 8.42 Å². The molecule has 0 unspecified atom stereocenters. The Morgan fingerprint density at radius 2 is 1.94 bits per heavy atom. The number of piperidine rings is 1. The van der Waals surface area contributed by atoms with Gasteiger partial charge in [0.15, 0.2) is 5.82 Å². The molecule has 1 aliphatic heterocycles. The highest BCUT2D eigenvalue weighted by molar-refractivity contribution is 7.92. The van der Waals surface area contributed by atoms with Crippen LogP contribution >= 0.6 is 0 Å². The molecule has 2 fully saturated rings. The van der Waals surface area contributed by atoms with Gasteiger partial charge in [0.25, 0.3) is 5.91 Å². The molecule has 0 bridgehead atoms. The van der Waals surface area contributed by atoms with Gasteiger partial charge in [0.05, 0.1) is 30.0 Å². The van der Waals surface area contributed by atoms with Crippen molar-refractivity contribution in [1.29, 1.82) is 5.26 Å². The van der Waals surface area contributed by atoms with Crippen molar-refractivity contribution in [2.24, 2.45) is 11.7 Å². The molecule has 1 aromatic carbocycles. The number of nitriles is 1. The number of rotatable bonds is 9. The minimum absolute atomic E-state index is 0.0581. The lowest BCUT2D eigenvalue weighted by Crippen LogP contribution is -2.46. The normalized spacial score (nSPS) is 17.9. The summed E-state index contributed by atoms with van der Waals surface area (Å²) in [6.07, 6.45) is 5.63. The molecule has 0 radical (unpaired) electrons. The van der Waals surface area contributed by atoms with Gasteiger partial charge in [0.1, 0.15) is 5.56 Å². The zero-order valence-corrected chi connectivity index (χ0v) is 20.3. The summed E-state index contributed by atoms with van der Waals surface area (Å²) in [4.78, 5) is 26.5. The van der Waals surface area contributed by atoms with Gasteiger partial charge in [-0.1, -0.05) is 18.2 Å². The van der Waals surface area contributed by atoms with Crippen LogP contribution in [0.3, 0.4) is 0 Å². The van der Waals surface area contributed by atoms with E-state index in [-0.39, 0.29) is 29.6 Å². The standard InChI is InChI=1S/C23H29N7O4S/c1-35(33,34)28-19-5-3-2-4-17(19)14-29-12-9-23(8-11-24,10-13-29)30-15-18(20(25)31)21(27-30)26-22(32)16-6-7-16/h2-5,15-16,28H,6-10,12-14H2,1H3,(H2,25,31)(H,26,27,32). The molecular weight excluding hydrogens is 470 g/mol. The second kappa shape index (κ2) is 9.67. The molecule has 2 aliphatic rings. The fourth-order valence-corrected chi connectivity index (χ4v) is 5.01. The zero-order chi connectivity index (χ0) is 25.2. The summed E-state index contributed by atoms with van der Waals surface area (Å²) in [6, 6.07) is 9.49. The fraction of sp³-hybridized carbons (Fsp3) is 0.478. The molecule has 1 saturated heterocycles. The average molecular weight is 500 g/mol. The maximum atomic E-state index is 12.3. The van der Waals surface area contributed by atoms with E-state index in [1.54, 1.807) is 16.8 Å². The number of sulfonamides is 1. The van der Waals surface area contributed by atoms with E-state index in [1.807, 2.05) is 12.1 Å². The summed E-state index contributed by atoms with van der Waals surface area (Å²) in [6.45, 7) is 1.80. The molecule has 0 atom stereocenters. The molecule has 2 aromatic rings. The average Bonchev–Trinajstić information content (AvgIpc) is 3.56. The van der Waals surface area contributed by atoms with E-state index in [0.29, 0.717) is 38.2 Å². The summed E-state index contributed by atoms with van der Waals surface area (Å²) in [5, 5.41) is 16.8. The lowest BCUT2D eigenvalue weighted by Gasteiger charge is -2.41. The van der Waals surface area contributed by atoms with Crippen LogP contribution < -0.4 is 15.8 Å². The van der Waals surface area contributed by atoms with Crippen LogP contribution in [0.1, 0.15) is 48.0 Å². The van der Waals surface area contributed by atoms with E-state index in [1.165, 1.54) is 6.20 Å². The fourth-order valence-electron chi connectivity index (χ4n) is 4.41. The van der Waals surface area contributed by atoms with Crippen LogP contribution in [0.15, 0.2) is 30.5 Å². The number of benzene rings is 1. The van der Waals surface area contributed by atoms with E-state index in [9.17, 15) is 23.3 Å². The second-order valence-corrected chi connectivity index (χ2v) is 11.1. The molecule has 186 valence electrons. The number of likely N-dealkylation sites (tertiary alicyclic amines) is 1. The quantitative estimate of drug-likeness (QED) is 0.472. The van der Waals surface area contributed by atoms with E-state index in [2.05, 4.69) is 26.1 Å². The predicted octanol–water partition coefficient (Wildman–Crippen LogP) is 1.61. The van der Waals surface area contributed by atoms with Crippen molar-refractivity contribution in [2.75, 3.05) is 29.4 Å². The summed E-state index contributed by atoms with van der Waals surface area (Å²) in [5.74, 6) is -0.794. The third kappa shape index (κ3) is 5.80. The van der Waals surface area contributed by atoms with Crippen molar-refractivity contribution < 1.29 is 18.0 Å². The highest BCUT2D eigenvalue weighted by atomic mass is 32.2. The summed E-state index contributed by atoms with van der Waals surface area (Å²) in [5.41, 5.74) is 6.41. The number of anilines is 2. The molecule has 1 saturated carbocycles. The van der Waals surface area contributed by atoms with Gasteiger partial charge in [-0.2, -0.15) is 10.4 Å². The van der Waals surface area contributed by atoms with Gasteiger partial charge < -0.3 is 11.1 Å². The molecule has 1 aliphatic carbocycles. The van der Waals surface area contributed by atoms with Crippen LogP contribution in [-0.4, -0.2) is 54.3 Å². The van der Waals surface area contributed by atoms with E-state index < -0.39 is 21.5 Å². The minimum atomic E-state index is -3.41. The molecule has 0 spiro atoms. The molecule has 35 heavy (non-hydrogen) atoms. The number of nitrogens with zero attached hydrogens (tertiary/aromatic N) is 4. The topological polar surface area (TPSA) is 163 Å². The zero-order valence-electron chi connectivity index (χ0n) is 19.5. The molecule has 2 heterocycles. The Labute approximate surface area is 204 Å². The minimum Gasteiger partial charge on any atom is -0.365 e. The molecular formula is C23H29N7O4S. The molecule has 1 aromatic heterocycles. The smallest absolute Gasteiger partial charge is 0.254 e. The molecule has 11 nitrogen and oxygen atoms in total. The maximum Gasteiger partial charge on any atom is 0.254 e. The highest BCUT2D eigenvalue weighted by Crippen LogP contribution is 2.36. The number of primary amides is 1. The summed E-state index contributed by atoms with van der Waals surface area (Å²) >= 11 is 0. The van der Waals surface area contributed by atoms with Crippen LogP contribution in [0.25, 0.3) is 0 Å². The Morgan fingerprint density at radius 3 is 2.54 bits per heavy atom. The summed E-state index contributed by atoms with van der Waals surface area (Å²) in [7, 11) is -3.41.